The topological polar surface area (TPSA) is 69.2 Å². The molecule has 0 aliphatic rings. The lowest BCUT2D eigenvalue weighted by molar-refractivity contribution is 0.288. The second-order valence-corrected chi connectivity index (χ2v) is 5.08. The molecule has 0 unspecified atom stereocenters. The van der Waals surface area contributed by atoms with Gasteiger partial charge in [0.1, 0.15) is 5.75 Å². The monoisotopic (exact) mass is 306 g/mol. The van der Waals surface area contributed by atoms with E-state index >= 15 is 0 Å². The molecule has 1 N–H and O–H groups in total. The second kappa shape index (κ2) is 7.68. The average molecular weight is 306 g/mol. The number of ether oxygens (including phenoxy) is 2. The van der Waals surface area contributed by atoms with E-state index < -0.39 is 0 Å². The molecule has 0 saturated carbocycles. The summed E-state index contributed by atoms with van der Waals surface area (Å²) < 4.78 is 10.8. The van der Waals surface area contributed by atoms with E-state index in [1.165, 1.54) is 11.8 Å². The summed E-state index contributed by atoms with van der Waals surface area (Å²) in [6.45, 7) is 2.61. The minimum absolute atomic E-state index is 0.327. The molecule has 1 aromatic heterocycles. The van der Waals surface area contributed by atoms with Crippen LogP contribution in [0, 0.1) is 0 Å². The Morgan fingerprint density at radius 3 is 2.71 bits per heavy atom. The van der Waals surface area contributed by atoms with Crippen molar-refractivity contribution < 1.29 is 9.47 Å². The first kappa shape index (κ1) is 15.4. The van der Waals surface area contributed by atoms with Crippen LogP contribution in [0.4, 0.5) is 5.95 Å². The van der Waals surface area contributed by atoms with Crippen molar-refractivity contribution in [1.82, 2.24) is 15.0 Å². The molecule has 0 fully saturated rings. The molecule has 0 radical (unpaired) electrons. The molecule has 0 amide bonds. The van der Waals surface area contributed by atoms with Gasteiger partial charge in [-0.2, -0.15) is 15.0 Å². The van der Waals surface area contributed by atoms with Gasteiger partial charge in [-0.1, -0.05) is 19.1 Å². The third-order valence-electron chi connectivity index (χ3n) is 2.52. The smallest absolute Gasteiger partial charge is 0.322 e. The highest BCUT2D eigenvalue weighted by molar-refractivity contribution is 7.99. The number of para-hydroxylation sites is 1. The van der Waals surface area contributed by atoms with Crippen molar-refractivity contribution in [2.24, 2.45) is 0 Å². The maximum absolute atomic E-state index is 5.49. The molecule has 0 aliphatic heterocycles. The number of nitrogens with zero attached hydrogens (tertiary/aromatic N) is 3. The van der Waals surface area contributed by atoms with Crippen molar-refractivity contribution in [3.05, 3.63) is 24.3 Å². The minimum atomic E-state index is 0.327. The SMILES string of the molecule is CCCOc1nc(NC)nc(Sc2ccccc2OC)n1. The van der Waals surface area contributed by atoms with Gasteiger partial charge in [0, 0.05) is 7.05 Å². The van der Waals surface area contributed by atoms with Gasteiger partial charge in [-0.25, -0.2) is 0 Å². The fraction of sp³-hybridized carbons (Fsp3) is 0.357. The number of nitrogens with one attached hydrogen (secondary N) is 1. The van der Waals surface area contributed by atoms with E-state index in [4.69, 9.17) is 9.47 Å². The fourth-order valence-corrected chi connectivity index (χ4v) is 2.41. The van der Waals surface area contributed by atoms with Gasteiger partial charge in [-0.15, -0.1) is 0 Å². The zero-order chi connectivity index (χ0) is 15.1. The Morgan fingerprint density at radius 1 is 1.19 bits per heavy atom. The Bertz CT molecular complexity index is 595. The molecule has 0 atom stereocenters. The normalized spacial score (nSPS) is 10.2. The zero-order valence-corrected chi connectivity index (χ0v) is 13.1. The number of rotatable bonds is 7. The second-order valence-electron chi connectivity index (χ2n) is 4.08. The van der Waals surface area contributed by atoms with Gasteiger partial charge in [-0.05, 0) is 30.3 Å². The maximum Gasteiger partial charge on any atom is 0.322 e. The van der Waals surface area contributed by atoms with Crippen molar-refractivity contribution in [1.29, 1.82) is 0 Å². The maximum atomic E-state index is 5.49. The van der Waals surface area contributed by atoms with Crippen LogP contribution in [0.15, 0.2) is 34.3 Å². The third-order valence-corrected chi connectivity index (χ3v) is 3.45. The van der Waals surface area contributed by atoms with Crippen LogP contribution in [0.5, 0.6) is 11.8 Å². The average Bonchev–Trinajstić information content (AvgIpc) is 2.53. The van der Waals surface area contributed by atoms with Gasteiger partial charge in [0.15, 0.2) is 0 Å². The van der Waals surface area contributed by atoms with Crippen LogP contribution in [0.1, 0.15) is 13.3 Å². The van der Waals surface area contributed by atoms with Gasteiger partial charge in [0.25, 0.3) is 0 Å². The number of hydrogen-bond acceptors (Lipinski definition) is 7. The molecule has 0 aliphatic carbocycles. The standard InChI is InChI=1S/C14H18N4O2S/c1-4-9-20-13-16-12(15-2)17-14(18-13)21-11-8-6-5-7-10(11)19-3/h5-8H,4,9H2,1-3H3,(H,15,16,17,18). The first-order chi connectivity index (χ1) is 10.3. The van der Waals surface area contributed by atoms with E-state index in [0.29, 0.717) is 23.7 Å². The van der Waals surface area contributed by atoms with Gasteiger partial charge in [-0.3, -0.25) is 0 Å². The molecule has 0 bridgehead atoms. The van der Waals surface area contributed by atoms with E-state index in [-0.39, 0.29) is 0 Å². The van der Waals surface area contributed by atoms with Crippen molar-refractivity contribution in [2.75, 3.05) is 26.1 Å². The first-order valence-electron chi connectivity index (χ1n) is 6.64. The largest absolute Gasteiger partial charge is 0.496 e. The van der Waals surface area contributed by atoms with Crippen LogP contribution in [0.2, 0.25) is 0 Å². The number of methoxy groups -OCH3 is 1. The number of anilines is 1. The summed E-state index contributed by atoms with van der Waals surface area (Å²) in [5.41, 5.74) is 0. The summed E-state index contributed by atoms with van der Waals surface area (Å²) in [4.78, 5) is 13.8. The lowest BCUT2D eigenvalue weighted by atomic mass is 10.3. The van der Waals surface area contributed by atoms with Crippen LogP contribution in [0.3, 0.4) is 0 Å². The summed E-state index contributed by atoms with van der Waals surface area (Å²) in [5, 5.41) is 3.47. The summed E-state index contributed by atoms with van der Waals surface area (Å²) in [6.07, 6.45) is 0.898. The van der Waals surface area contributed by atoms with E-state index in [0.717, 1.165) is 17.1 Å². The lowest BCUT2D eigenvalue weighted by Crippen LogP contribution is -2.05. The van der Waals surface area contributed by atoms with E-state index in [1.807, 2.05) is 31.2 Å². The lowest BCUT2D eigenvalue weighted by Gasteiger charge is -2.09. The summed E-state index contributed by atoms with van der Waals surface area (Å²) in [6, 6.07) is 8.05. The third kappa shape index (κ3) is 4.22. The van der Waals surface area contributed by atoms with Crippen LogP contribution in [0.25, 0.3) is 0 Å². The Labute approximate surface area is 128 Å². The summed E-state index contributed by atoms with van der Waals surface area (Å²) in [5.74, 6) is 1.26. The quantitative estimate of drug-likeness (QED) is 0.843. The molecule has 1 aromatic carbocycles. The Morgan fingerprint density at radius 2 is 2.00 bits per heavy atom. The van der Waals surface area contributed by atoms with Crippen LogP contribution < -0.4 is 14.8 Å². The van der Waals surface area contributed by atoms with Crippen LogP contribution in [-0.4, -0.2) is 35.7 Å². The minimum Gasteiger partial charge on any atom is -0.496 e. The van der Waals surface area contributed by atoms with Gasteiger partial charge >= 0.3 is 6.01 Å². The van der Waals surface area contributed by atoms with Gasteiger partial charge < -0.3 is 14.8 Å². The molecular formula is C14H18N4O2S. The molecule has 1 heterocycles. The molecule has 21 heavy (non-hydrogen) atoms. The highest BCUT2D eigenvalue weighted by Gasteiger charge is 2.11. The fourth-order valence-electron chi connectivity index (χ4n) is 1.55. The van der Waals surface area contributed by atoms with E-state index in [2.05, 4.69) is 20.3 Å². The van der Waals surface area contributed by atoms with Gasteiger partial charge in [0.05, 0.1) is 18.6 Å². The van der Waals surface area contributed by atoms with E-state index in [9.17, 15) is 0 Å². The number of aromatic nitrogens is 3. The molecule has 7 heteroatoms. The predicted octanol–water partition coefficient (Wildman–Crippen LogP) is 2.86. The zero-order valence-electron chi connectivity index (χ0n) is 12.3. The Kier molecular flexibility index (Phi) is 5.62. The van der Waals surface area contributed by atoms with Crippen molar-refractivity contribution >= 4 is 17.7 Å². The Balaban J connectivity index is 2.25. The van der Waals surface area contributed by atoms with Crippen molar-refractivity contribution in [2.45, 2.75) is 23.4 Å². The molecule has 112 valence electrons. The first-order valence-corrected chi connectivity index (χ1v) is 7.46. The van der Waals surface area contributed by atoms with Crippen molar-refractivity contribution in [3.63, 3.8) is 0 Å². The van der Waals surface area contributed by atoms with Crippen LogP contribution >= 0.6 is 11.8 Å². The molecule has 6 nitrogen and oxygen atoms in total. The van der Waals surface area contributed by atoms with Crippen molar-refractivity contribution in [3.8, 4) is 11.8 Å². The molecule has 2 aromatic rings. The summed E-state index contributed by atoms with van der Waals surface area (Å²) in [7, 11) is 3.40. The number of benzene rings is 1. The predicted molar refractivity (Wildman–Crippen MR) is 82.3 cm³/mol. The molecule has 2 rings (SSSR count). The van der Waals surface area contributed by atoms with Crippen LogP contribution in [-0.2, 0) is 0 Å². The highest BCUT2D eigenvalue weighted by atomic mass is 32.2. The van der Waals surface area contributed by atoms with Gasteiger partial charge in [0.2, 0.25) is 11.1 Å². The highest BCUT2D eigenvalue weighted by Crippen LogP contribution is 2.33. The van der Waals surface area contributed by atoms with E-state index in [1.54, 1.807) is 14.2 Å². The number of hydrogen-bond donors (Lipinski definition) is 1. The summed E-state index contributed by atoms with van der Waals surface area (Å²) >= 11 is 1.41. The Hall–Kier alpha value is -2.02. The molecular weight excluding hydrogens is 288 g/mol. The molecule has 0 saturated heterocycles. The molecule has 0 spiro atoms.